The molecule has 1 unspecified atom stereocenters. The second-order valence-corrected chi connectivity index (χ2v) is 13.8. The van der Waals surface area contributed by atoms with Crippen LogP contribution >= 0.6 is 0 Å². The van der Waals surface area contributed by atoms with Gasteiger partial charge in [0.15, 0.2) is 0 Å². The van der Waals surface area contributed by atoms with Crippen LogP contribution in [-0.4, -0.2) is 20.5 Å². The fourth-order valence-electron chi connectivity index (χ4n) is 8.21. The lowest BCUT2D eigenvalue weighted by atomic mass is 9.85. The van der Waals surface area contributed by atoms with E-state index in [1.807, 2.05) is 24.4 Å². The number of hydrogen-bond acceptors (Lipinski definition) is 3. The van der Waals surface area contributed by atoms with Crippen molar-refractivity contribution >= 4 is 54.4 Å². The maximum atomic E-state index is 4.86. The molecule has 1 atom stereocenters. The van der Waals surface area contributed by atoms with Gasteiger partial charge in [0.1, 0.15) is 11.8 Å². The van der Waals surface area contributed by atoms with Gasteiger partial charge in [-0.25, -0.2) is 4.98 Å². The van der Waals surface area contributed by atoms with Crippen molar-refractivity contribution in [3.63, 3.8) is 0 Å². The van der Waals surface area contributed by atoms with Gasteiger partial charge in [0, 0.05) is 30.4 Å². The molecule has 0 bridgehead atoms. The minimum Gasteiger partial charge on any atom is -0.360 e. The molecule has 4 nitrogen and oxygen atoms in total. The second-order valence-electron chi connectivity index (χ2n) is 13.8. The van der Waals surface area contributed by atoms with Gasteiger partial charge in [-0.05, 0) is 119 Å². The predicted octanol–water partition coefficient (Wildman–Crippen LogP) is 11.6. The molecule has 0 amide bonds. The number of hydrogen-bond donors (Lipinski definition) is 1. The first-order valence-corrected chi connectivity index (χ1v) is 17.8. The Bertz CT molecular complexity index is 2930. The topological polar surface area (TPSA) is 32.6 Å². The van der Waals surface area contributed by atoms with Crippen LogP contribution in [-0.2, 0) is 0 Å². The van der Waals surface area contributed by atoms with E-state index >= 15 is 0 Å². The molecule has 52 heavy (non-hydrogen) atoms. The number of benzene rings is 7. The highest BCUT2D eigenvalue weighted by atomic mass is 15.3. The Kier molecular flexibility index (Phi) is 6.28. The molecular weight excluding hydrogens is 633 g/mol. The van der Waals surface area contributed by atoms with Gasteiger partial charge in [-0.2, -0.15) is 0 Å². The van der Waals surface area contributed by atoms with E-state index in [1.165, 1.54) is 70.9 Å². The number of nitrogens with one attached hydrogen (secondary N) is 1. The summed E-state index contributed by atoms with van der Waals surface area (Å²) in [5.74, 6) is 0. The lowest BCUT2D eigenvalue weighted by molar-refractivity contribution is 0.427. The van der Waals surface area contributed by atoms with Crippen LogP contribution in [0.5, 0.6) is 0 Å². The third kappa shape index (κ3) is 4.58. The minimum atomic E-state index is 0.180. The van der Waals surface area contributed by atoms with Crippen LogP contribution in [0.3, 0.4) is 0 Å². The Morgan fingerprint density at radius 1 is 0.519 bits per heavy atom. The van der Waals surface area contributed by atoms with E-state index in [1.54, 1.807) is 0 Å². The van der Waals surface area contributed by atoms with Crippen LogP contribution in [0.4, 0.5) is 0 Å². The molecule has 1 N–H and O–H groups in total. The zero-order valence-corrected chi connectivity index (χ0v) is 28.2. The quantitative estimate of drug-likeness (QED) is 0.190. The van der Waals surface area contributed by atoms with Crippen LogP contribution in [0.1, 0.15) is 5.56 Å². The van der Waals surface area contributed by atoms with Gasteiger partial charge in [-0.3, -0.25) is 0 Å². The van der Waals surface area contributed by atoms with E-state index in [2.05, 4.69) is 173 Å². The molecule has 0 saturated carbocycles. The molecule has 4 heterocycles. The van der Waals surface area contributed by atoms with Crippen molar-refractivity contribution in [2.24, 2.45) is 0 Å². The van der Waals surface area contributed by atoms with Gasteiger partial charge in [0.25, 0.3) is 0 Å². The minimum absolute atomic E-state index is 0.180. The van der Waals surface area contributed by atoms with Crippen molar-refractivity contribution in [1.82, 2.24) is 19.6 Å². The molecule has 11 rings (SSSR count). The molecule has 4 heteroatoms. The van der Waals surface area contributed by atoms with Crippen LogP contribution in [0.2, 0.25) is 0 Å². The van der Waals surface area contributed by atoms with Crippen LogP contribution in [0.15, 0.2) is 183 Å². The van der Waals surface area contributed by atoms with E-state index in [4.69, 9.17) is 4.98 Å². The standard InChI is InChI=1S/C48H32N4/c1-2-10-40-39(9-1)47(37-21-17-31-25-35(19-15-33(31)27-37)43-29-51-23-7-5-13-45(51)49-43)41-11-3-4-12-42(41)48(40)38-22-18-32-26-36(20-16-34(32)28-38)44-30-52-24-8-6-14-46(52)50-44/h1-30,45,49H. The van der Waals surface area contributed by atoms with E-state index in [0.29, 0.717) is 0 Å². The smallest absolute Gasteiger partial charge is 0.137 e. The first-order valence-electron chi connectivity index (χ1n) is 17.8. The number of aromatic nitrogens is 2. The molecule has 0 fully saturated rings. The fraction of sp³-hybridized carbons (Fsp3) is 0.0208. The predicted molar refractivity (Wildman–Crippen MR) is 217 cm³/mol. The molecule has 0 radical (unpaired) electrons. The molecule has 7 aromatic carbocycles. The SMILES string of the molecule is C1=CC2NC(c3ccc4cc(-c5c6ccccc6c(-c6ccc7cc(-c8cn9ccccc9n8)ccc7c6)c6ccccc56)ccc4c3)=CN2C=C1. The molecule has 2 aromatic heterocycles. The van der Waals surface area contributed by atoms with Crippen molar-refractivity contribution in [2.75, 3.05) is 0 Å². The van der Waals surface area contributed by atoms with E-state index in [9.17, 15) is 0 Å². The summed E-state index contributed by atoms with van der Waals surface area (Å²) in [5, 5.41) is 13.5. The molecule has 0 saturated heterocycles. The van der Waals surface area contributed by atoms with Gasteiger partial charge in [-0.15, -0.1) is 0 Å². The highest BCUT2D eigenvalue weighted by molar-refractivity contribution is 6.22. The lowest BCUT2D eigenvalue weighted by Crippen LogP contribution is -2.31. The molecule has 0 spiro atoms. The normalized spacial score (nSPS) is 15.2. The summed E-state index contributed by atoms with van der Waals surface area (Å²) in [6, 6.07) is 51.2. The number of nitrogens with zero attached hydrogens (tertiary/aromatic N) is 3. The average Bonchev–Trinajstić information content (AvgIpc) is 3.84. The van der Waals surface area contributed by atoms with Gasteiger partial charge in [0.2, 0.25) is 0 Å². The monoisotopic (exact) mass is 664 g/mol. The van der Waals surface area contributed by atoms with E-state index < -0.39 is 0 Å². The number of pyridine rings is 1. The third-order valence-corrected chi connectivity index (χ3v) is 10.7. The molecular formula is C48H32N4. The first-order chi connectivity index (χ1) is 25.7. The van der Waals surface area contributed by atoms with E-state index in [0.717, 1.165) is 22.6 Å². The average molecular weight is 665 g/mol. The third-order valence-electron chi connectivity index (χ3n) is 10.7. The van der Waals surface area contributed by atoms with Crippen molar-refractivity contribution in [3.05, 3.63) is 188 Å². The van der Waals surface area contributed by atoms with Crippen LogP contribution < -0.4 is 5.32 Å². The summed E-state index contributed by atoms with van der Waals surface area (Å²) in [6.07, 6.45) is 15.0. The maximum absolute atomic E-state index is 4.86. The largest absolute Gasteiger partial charge is 0.360 e. The van der Waals surface area contributed by atoms with Crippen molar-refractivity contribution in [1.29, 1.82) is 0 Å². The Morgan fingerprint density at radius 2 is 1.06 bits per heavy atom. The second kappa shape index (κ2) is 11.3. The fourth-order valence-corrected chi connectivity index (χ4v) is 8.21. The lowest BCUT2D eigenvalue weighted by Gasteiger charge is -2.20. The highest BCUT2D eigenvalue weighted by Crippen LogP contribution is 2.45. The summed E-state index contributed by atoms with van der Waals surface area (Å²) in [7, 11) is 0. The molecule has 244 valence electrons. The number of fused-ring (bicyclic) bond motifs is 6. The summed E-state index contributed by atoms with van der Waals surface area (Å²) in [4.78, 5) is 7.07. The Labute approximate surface area is 300 Å². The summed E-state index contributed by atoms with van der Waals surface area (Å²) < 4.78 is 2.07. The first kappa shape index (κ1) is 28.9. The summed E-state index contributed by atoms with van der Waals surface area (Å²) >= 11 is 0. The number of rotatable bonds is 4. The number of allylic oxidation sites excluding steroid dienone is 2. The molecule has 0 aliphatic carbocycles. The zero-order valence-electron chi connectivity index (χ0n) is 28.2. The Balaban J connectivity index is 1.02. The molecule has 2 aliphatic heterocycles. The zero-order chi connectivity index (χ0) is 34.2. The van der Waals surface area contributed by atoms with Gasteiger partial charge >= 0.3 is 0 Å². The van der Waals surface area contributed by atoms with Crippen molar-refractivity contribution in [3.8, 4) is 33.5 Å². The van der Waals surface area contributed by atoms with Gasteiger partial charge < -0.3 is 14.6 Å². The highest BCUT2D eigenvalue weighted by Gasteiger charge is 2.22. The number of imidazole rings is 1. The van der Waals surface area contributed by atoms with Crippen LogP contribution in [0, 0.1) is 0 Å². The summed E-state index contributed by atoms with van der Waals surface area (Å²) in [5.41, 5.74) is 10.4. The maximum Gasteiger partial charge on any atom is 0.137 e. The van der Waals surface area contributed by atoms with E-state index in [-0.39, 0.29) is 6.17 Å². The molecule has 9 aromatic rings. The summed E-state index contributed by atoms with van der Waals surface area (Å²) in [6.45, 7) is 0. The molecule has 2 aliphatic rings. The Hall–Kier alpha value is -6.91. The van der Waals surface area contributed by atoms with Crippen LogP contribution in [0.25, 0.3) is 87.9 Å². The van der Waals surface area contributed by atoms with Gasteiger partial charge in [-0.1, -0.05) is 109 Å². The van der Waals surface area contributed by atoms with Crippen molar-refractivity contribution in [2.45, 2.75) is 6.17 Å². The van der Waals surface area contributed by atoms with Gasteiger partial charge in [0.05, 0.1) is 11.4 Å². The van der Waals surface area contributed by atoms with Crippen molar-refractivity contribution < 1.29 is 0 Å². The Morgan fingerprint density at radius 3 is 1.65 bits per heavy atom.